The fourth-order valence-corrected chi connectivity index (χ4v) is 1.65. The summed E-state index contributed by atoms with van der Waals surface area (Å²) in [6.07, 6.45) is 3.46. The summed E-state index contributed by atoms with van der Waals surface area (Å²) in [6.45, 7) is 1.83. The zero-order chi connectivity index (χ0) is 12.4. The summed E-state index contributed by atoms with van der Waals surface area (Å²) in [7, 11) is 1.80. The Morgan fingerprint density at radius 1 is 1.24 bits per heavy atom. The summed E-state index contributed by atoms with van der Waals surface area (Å²) in [5, 5.41) is 7.12. The van der Waals surface area contributed by atoms with Crippen molar-refractivity contribution in [2.24, 2.45) is 7.05 Å². The van der Waals surface area contributed by atoms with Crippen LogP contribution in [0.25, 0.3) is 0 Å². The van der Waals surface area contributed by atoms with E-state index < -0.39 is 11.6 Å². The SMILES string of the molecule is CC(Nc1cnn(C)c1)c1cc(F)cc(F)c1. The van der Waals surface area contributed by atoms with E-state index in [1.54, 1.807) is 24.1 Å². The third-order valence-corrected chi connectivity index (χ3v) is 2.47. The lowest BCUT2D eigenvalue weighted by Gasteiger charge is -2.14. The van der Waals surface area contributed by atoms with E-state index >= 15 is 0 Å². The highest BCUT2D eigenvalue weighted by atomic mass is 19.1. The molecule has 1 aromatic carbocycles. The van der Waals surface area contributed by atoms with E-state index in [4.69, 9.17) is 0 Å². The van der Waals surface area contributed by atoms with Gasteiger partial charge in [-0.25, -0.2) is 8.78 Å². The number of benzene rings is 1. The van der Waals surface area contributed by atoms with Crippen LogP contribution < -0.4 is 5.32 Å². The molecule has 3 nitrogen and oxygen atoms in total. The first-order chi connectivity index (χ1) is 8.04. The van der Waals surface area contributed by atoms with Crippen molar-refractivity contribution in [2.75, 3.05) is 5.32 Å². The van der Waals surface area contributed by atoms with Crippen LogP contribution in [-0.2, 0) is 7.05 Å². The normalized spacial score (nSPS) is 12.5. The predicted octanol–water partition coefficient (Wildman–Crippen LogP) is 2.87. The maximum atomic E-state index is 13.0. The molecule has 0 aliphatic heterocycles. The van der Waals surface area contributed by atoms with Crippen molar-refractivity contribution >= 4 is 5.69 Å². The topological polar surface area (TPSA) is 29.9 Å². The van der Waals surface area contributed by atoms with Crippen molar-refractivity contribution in [3.05, 3.63) is 47.8 Å². The average Bonchev–Trinajstić information content (AvgIpc) is 2.62. The Bertz CT molecular complexity index is 502. The minimum Gasteiger partial charge on any atom is -0.376 e. The second kappa shape index (κ2) is 4.53. The number of hydrogen-bond acceptors (Lipinski definition) is 2. The molecule has 1 aromatic heterocycles. The van der Waals surface area contributed by atoms with Crippen molar-refractivity contribution in [3.8, 4) is 0 Å². The molecule has 17 heavy (non-hydrogen) atoms. The summed E-state index contributed by atoms with van der Waals surface area (Å²) in [6, 6.07) is 3.30. The smallest absolute Gasteiger partial charge is 0.126 e. The van der Waals surface area contributed by atoms with Crippen LogP contribution in [0.3, 0.4) is 0 Å². The van der Waals surface area contributed by atoms with Crippen molar-refractivity contribution in [1.82, 2.24) is 9.78 Å². The van der Waals surface area contributed by atoms with Crippen molar-refractivity contribution in [2.45, 2.75) is 13.0 Å². The minimum atomic E-state index is -0.570. The number of nitrogens with zero attached hydrogens (tertiary/aromatic N) is 2. The van der Waals surface area contributed by atoms with Crippen LogP contribution in [0.2, 0.25) is 0 Å². The van der Waals surface area contributed by atoms with Gasteiger partial charge in [0.2, 0.25) is 0 Å². The van der Waals surface area contributed by atoms with E-state index in [9.17, 15) is 8.78 Å². The predicted molar refractivity (Wildman–Crippen MR) is 61.6 cm³/mol. The Morgan fingerprint density at radius 3 is 2.41 bits per heavy atom. The number of halogens is 2. The maximum absolute atomic E-state index is 13.0. The summed E-state index contributed by atoms with van der Waals surface area (Å²) in [4.78, 5) is 0. The molecule has 1 unspecified atom stereocenters. The molecule has 1 atom stereocenters. The van der Waals surface area contributed by atoms with Gasteiger partial charge in [-0.1, -0.05) is 0 Å². The lowest BCUT2D eigenvalue weighted by Crippen LogP contribution is -2.06. The highest BCUT2D eigenvalue weighted by Crippen LogP contribution is 2.20. The van der Waals surface area contributed by atoms with Gasteiger partial charge in [-0.15, -0.1) is 0 Å². The number of anilines is 1. The molecule has 5 heteroatoms. The molecule has 0 saturated carbocycles. The van der Waals surface area contributed by atoms with Gasteiger partial charge in [0.15, 0.2) is 0 Å². The molecular weight excluding hydrogens is 224 g/mol. The van der Waals surface area contributed by atoms with Crippen LogP contribution in [0.1, 0.15) is 18.5 Å². The highest BCUT2D eigenvalue weighted by Gasteiger charge is 2.09. The van der Waals surface area contributed by atoms with Gasteiger partial charge in [-0.05, 0) is 24.6 Å². The molecule has 1 N–H and O–H groups in total. The molecule has 0 amide bonds. The van der Waals surface area contributed by atoms with E-state index in [-0.39, 0.29) is 6.04 Å². The second-order valence-corrected chi connectivity index (χ2v) is 3.97. The van der Waals surface area contributed by atoms with Crippen LogP contribution in [0.4, 0.5) is 14.5 Å². The zero-order valence-electron chi connectivity index (χ0n) is 9.61. The molecule has 90 valence electrons. The summed E-state index contributed by atoms with van der Waals surface area (Å²) >= 11 is 0. The van der Waals surface area contributed by atoms with E-state index in [1.807, 2.05) is 6.92 Å². The second-order valence-electron chi connectivity index (χ2n) is 3.97. The number of aromatic nitrogens is 2. The molecule has 0 fully saturated rings. The first kappa shape index (κ1) is 11.6. The Labute approximate surface area is 98.1 Å². The van der Waals surface area contributed by atoms with Gasteiger partial charge >= 0.3 is 0 Å². The lowest BCUT2D eigenvalue weighted by molar-refractivity contribution is 0.577. The third kappa shape index (κ3) is 2.81. The first-order valence-corrected chi connectivity index (χ1v) is 5.26. The van der Waals surface area contributed by atoms with Crippen LogP contribution in [-0.4, -0.2) is 9.78 Å². The summed E-state index contributed by atoms with van der Waals surface area (Å²) in [5.41, 5.74) is 1.37. The van der Waals surface area contributed by atoms with Gasteiger partial charge in [0.1, 0.15) is 11.6 Å². The number of rotatable bonds is 3. The first-order valence-electron chi connectivity index (χ1n) is 5.26. The van der Waals surface area contributed by atoms with Crippen LogP contribution in [0.15, 0.2) is 30.6 Å². The van der Waals surface area contributed by atoms with Crippen molar-refractivity contribution in [1.29, 1.82) is 0 Å². The summed E-state index contributed by atoms with van der Waals surface area (Å²) in [5.74, 6) is -1.14. The Hall–Kier alpha value is -1.91. The number of aryl methyl sites for hydroxylation is 1. The Morgan fingerprint density at radius 2 is 1.88 bits per heavy atom. The monoisotopic (exact) mass is 237 g/mol. The molecule has 0 spiro atoms. The van der Waals surface area contributed by atoms with Gasteiger partial charge in [0, 0.05) is 25.4 Å². The zero-order valence-corrected chi connectivity index (χ0v) is 9.61. The molecule has 2 aromatic rings. The third-order valence-electron chi connectivity index (χ3n) is 2.47. The highest BCUT2D eigenvalue weighted by molar-refractivity contribution is 5.41. The lowest BCUT2D eigenvalue weighted by atomic mass is 10.1. The number of hydrogen-bond donors (Lipinski definition) is 1. The van der Waals surface area contributed by atoms with Crippen LogP contribution in [0.5, 0.6) is 0 Å². The van der Waals surface area contributed by atoms with Crippen molar-refractivity contribution in [3.63, 3.8) is 0 Å². The molecule has 2 rings (SSSR count). The maximum Gasteiger partial charge on any atom is 0.126 e. The molecule has 1 heterocycles. The molecular formula is C12H13F2N3. The Kier molecular flexibility index (Phi) is 3.08. The van der Waals surface area contributed by atoms with Gasteiger partial charge in [0.25, 0.3) is 0 Å². The fraction of sp³-hybridized carbons (Fsp3) is 0.250. The van der Waals surface area contributed by atoms with E-state index in [1.165, 1.54) is 12.1 Å². The minimum absolute atomic E-state index is 0.190. The van der Waals surface area contributed by atoms with Crippen LogP contribution >= 0.6 is 0 Å². The molecule has 0 saturated heterocycles. The Balaban J connectivity index is 2.16. The molecule has 0 radical (unpaired) electrons. The quantitative estimate of drug-likeness (QED) is 0.889. The molecule has 0 aliphatic carbocycles. The summed E-state index contributed by atoms with van der Waals surface area (Å²) < 4.78 is 27.7. The van der Waals surface area contributed by atoms with Crippen molar-refractivity contribution < 1.29 is 8.78 Å². The fourth-order valence-electron chi connectivity index (χ4n) is 1.65. The number of nitrogens with one attached hydrogen (secondary N) is 1. The van der Waals surface area contributed by atoms with E-state index in [2.05, 4.69) is 10.4 Å². The van der Waals surface area contributed by atoms with E-state index in [0.29, 0.717) is 5.56 Å². The van der Waals surface area contributed by atoms with Gasteiger partial charge in [-0.2, -0.15) is 5.10 Å². The van der Waals surface area contributed by atoms with Gasteiger partial charge in [-0.3, -0.25) is 4.68 Å². The largest absolute Gasteiger partial charge is 0.376 e. The molecule has 0 aliphatic rings. The van der Waals surface area contributed by atoms with E-state index in [0.717, 1.165) is 11.8 Å². The standard InChI is InChI=1S/C12H13F2N3/c1-8(16-12-6-15-17(2)7-12)9-3-10(13)5-11(14)4-9/h3-8,16H,1-2H3. The van der Waals surface area contributed by atoms with Crippen LogP contribution in [0, 0.1) is 11.6 Å². The van der Waals surface area contributed by atoms with Gasteiger partial charge < -0.3 is 5.32 Å². The van der Waals surface area contributed by atoms with Gasteiger partial charge in [0.05, 0.1) is 11.9 Å². The average molecular weight is 237 g/mol. The molecule has 0 bridgehead atoms.